The standard InChI is InChI=1S/C31H40N6O6/c1-5-20-16-31(20,28(40)41)34-26(38)23-15-21(37-24(17-32-35-37)19-11-7-6-8-12-19)18-36(23)27(39)25(30(2,3)4)33-29(42)43-22-13-9-10-14-22/h5-8,11-12,17,20-23,25H,1,9-10,13-16,18H2,2-4H3,(H,33,42)(H,34,38)(H,40,41)/t20-,21-,23+,25-,31-/m1/s1. The third-order valence-corrected chi connectivity index (χ3v) is 8.83. The summed E-state index contributed by atoms with van der Waals surface area (Å²) in [6, 6.07) is 7.10. The number of carbonyl (C=O) groups excluding carboxylic acids is 3. The number of carbonyl (C=O) groups is 4. The summed E-state index contributed by atoms with van der Waals surface area (Å²) in [5.74, 6) is -2.60. The van der Waals surface area contributed by atoms with Crippen molar-refractivity contribution in [3.63, 3.8) is 0 Å². The van der Waals surface area contributed by atoms with Crippen molar-refractivity contribution in [3.05, 3.63) is 49.2 Å². The van der Waals surface area contributed by atoms with Crippen molar-refractivity contribution < 1.29 is 29.0 Å². The number of nitrogens with zero attached hydrogens (tertiary/aromatic N) is 4. The van der Waals surface area contributed by atoms with Crippen LogP contribution < -0.4 is 10.6 Å². The van der Waals surface area contributed by atoms with Gasteiger partial charge in [0.1, 0.15) is 23.7 Å². The molecule has 3 amide bonds. The molecule has 2 aromatic rings. The quantitative estimate of drug-likeness (QED) is 0.375. The number of hydrogen-bond acceptors (Lipinski definition) is 7. The molecule has 3 N–H and O–H groups in total. The largest absolute Gasteiger partial charge is 0.479 e. The van der Waals surface area contributed by atoms with Gasteiger partial charge in [-0.05, 0) is 37.5 Å². The summed E-state index contributed by atoms with van der Waals surface area (Å²) in [7, 11) is 0. The minimum Gasteiger partial charge on any atom is -0.479 e. The van der Waals surface area contributed by atoms with E-state index in [1.165, 1.54) is 11.0 Å². The number of hydrogen-bond donors (Lipinski definition) is 3. The number of carboxylic acid groups (broad SMARTS) is 1. The first-order valence-corrected chi connectivity index (χ1v) is 14.9. The van der Waals surface area contributed by atoms with E-state index in [9.17, 15) is 24.3 Å². The maximum atomic E-state index is 14.3. The number of rotatable bonds is 9. The van der Waals surface area contributed by atoms with Gasteiger partial charge in [-0.2, -0.15) is 0 Å². The van der Waals surface area contributed by atoms with E-state index >= 15 is 0 Å². The Labute approximate surface area is 250 Å². The molecule has 230 valence electrons. The molecule has 5 rings (SSSR count). The van der Waals surface area contributed by atoms with Crippen molar-refractivity contribution in [2.24, 2.45) is 11.3 Å². The summed E-state index contributed by atoms with van der Waals surface area (Å²) in [6.45, 7) is 9.30. The first kappa shape index (κ1) is 30.2. The fourth-order valence-electron chi connectivity index (χ4n) is 6.25. The number of alkyl carbamates (subject to hydrolysis) is 1. The minimum atomic E-state index is -1.46. The van der Waals surface area contributed by atoms with E-state index in [0.29, 0.717) is 0 Å². The summed E-state index contributed by atoms with van der Waals surface area (Å²) in [5.41, 5.74) is -0.583. The number of aliphatic carboxylic acids is 1. The predicted octanol–water partition coefficient (Wildman–Crippen LogP) is 3.32. The van der Waals surface area contributed by atoms with Crippen LogP contribution in [0.25, 0.3) is 11.3 Å². The van der Waals surface area contributed by atoms with Crippen molar-refractivity contribution >= 4 is 23.9 Å². The van der Waals surface area contributed by atoms with E-state index in [1.54, 1.807) is 10.9 Å². The molecule has 0 radical (unpaired) electrons. The Hall–Kier alpha value is -4.22. The van der Waals surface area contributed by atoms with Gasteiger partial charge in [0.25, 0.3) is 0 Å². The lowest BCUT2D eigenvalue weighted by Gasteiger charge is -2.35. The molecule has 0 unspecified atom stereocenters. The molecule has 3 fully saturated rings. The lowest BCUT2D eigenvalue weighted by molar-refractivity contribution is -0.146. The monoisotopic (exact) mass is 592 g/mol. The van der Waals surface area contributed by atoms with E-state index in [1.807, 2.05) is 51.1 Å². The third kappa shape index (κ3) is 6.14. The van der Waals surface area contributed by atoms with Crippen molar-refractivity contribution in [3.8, 4) is 11.3 Å². The van der Waals surface area contributed by atoms with Gasteiger partial charge in [-0.1, -0.05) is 62.4 Å². The van der Waals surface area contributed by atoms with Crippen LogP contribution in [0.3, 0.4) is 0 Å². The van der Waals surface area contributed by atoms with Crippen molar-refractivity contribution in [1.82, 2.24) is 30.5 Å². The zero-order valence-corrected chi connectivity index (χ0v) is 24.9. The lowest BCUT2D eigenvalue weighted by Crippen LogP contribution is -2.59. The highest BCUT2D eigenvalue weighted by Gasteiger charge is 2.61. The van der Waals surface area contributed by atoms with Gasteiger partial charge in [-0.15, -0.1) is 11.7 Å². The number of likely N-dealkylation sites (tertiary alicyclic amines) is 1. The van der Waals surface area contributed by atoms with Gasteiger partial charge >= 0.3 is 12.1 Å². The SMILES string of the molecule is C=C[C@@H]1C[C@]1(NC(=O)[C@@H]1C[C@@H](n2nncc2-c2ccccc2)CN1C(=O)[C@@H](NC(=O)OC1CCCC1)C(C)(C)C)C(=O)O. The van der Waals surface area contributed by atoms with Crippen LogP contribution in [0.2, 0.25) is 0 Å². The smallest absolute Gasteiger partial charge is 0.408 e. The topological polar surface area (TPSA) is 156 Å². The summed E-state index contributed by atoms with van der Waals surface area (Å²) in [5, 5.41) is 23.8. The maximum absolute atomic E-state index is 14.3. The van der Waals surface area contributed by atoms with Gasteiger partial charge in [0.2, 0.25) is 11.8 Å². The number of nitrogens with one attached hydrogen (secondary N) is 2. The van der Waals surface area contributed by atoms with Crippen LogP contribution in [-0.4, -0.2) is 79.1 Å². The summed E-state index contributed by atoms with van der Waals surface area (Å²) in [4.78, 5) is 54.6. The Morgan fingerprint density at radius 2 is 1.86 bits per heavy atom. The Morgan fingerprint density at radius 1 is 1.16 bits per heavy atom. The average molecular weight is 593 g/mol. The van der Waals surface area contributed by atoms with Crippen LogP contribution in [0, 0.1) is 11.3 Å². The molecule has 5 atom stereocenters. The number of aromatic nitrogens is 3. The Balaban J connectivity index is 1.43. The molecule has 2 saturated carbocycles. The molecular formula is C31H40N6O6. The van der Waals surface area contributed by atoms with Gasteiger partial charge in [-0.3, -0.25) is 9.59 Å². The average Bonchev–Trinajstić information content (AvgIpc) is 3.42. The third-order valence-electron chi connectivity index (χ3n) is 8.83. The van der Waals surface area contributed by atoms with E-state index in [2.05, 4.69) is 27.5 Å². The van der Waals surface area contributed by atoms with Crippen LogP contribution in [0.1, 0.15) is 65.3 Å². The molecule has 0 spiro atoms. The zero-order chi connectivity index (χ0) is 30.9. The Bertz CT molecular complexity index is 1380. The van der Waals surface area contributed by atoms with Gasteiger partial charge in [0.15, 0.2) is 0 Å². The number of carboxylic acids is 1. The molecule has 2 heterocycles. The molecule has 1 saturated heterocycles. The molecule has 12 heteroatoms. The highest BCUT2D eigenvalue weighted by atomic mass is 16.6. The molecule has 1 aromatic carbocycles. The van der Waals surface area contributed by atoms with E-state index in [4.69, 9.17) is 4.74 Å². The summed E-state index contributed by atoms with van der Waals surface area (Å²) >= 11 is 0. The van der Waals surface area contributed by atoms with Crippen molar-refractivity contribution in [2.75, 3.05) is 6.54 Å². The van der Waals surface area contributed by atoms with Crippen molar-refractivity contribution in [2.45, 2.75) is 89.1 Å². The van der Waals surface area contributed by atoms with Crippen LogP contribution in [0.5, 0.6) is 0 Å². The molecule has 1 aromatic heterocycles. The van der Waals surface area contributed by atoms with Crippen molar-refractivity contribution in [1.29, 1.82) is 0 Å². The van der Waals surface area contributed by atoms with Crippen LogP contribution >= 0.6 is 0 Å². The maximum Gasteiger partial charge on any atom is 0.408 e. The molecule has 0 bridgehead atoms. The van der Waals surface area contributed by atoms with E-state index < -0.39 is 58.9 Å². The summed E-state index contributed by atoms with van der Waals surface area (Å²) < 4.78 is 7.30. The normalized spacial score (nSPS) is 26.0. The zero-order valence-electron chi connectivity index (χ0n) is 24.9. The fraction of sp³-hybridized carbons (Fsp3) is 0.548. The first-order chi connectivity index (χ1) is 20.4. The van der Waals surface area contributed by atoms with Gasteiger partial charge in [0, 0.05) is 24.4 Å². The second-order valence-electron chi connectivity index (χ2n) is 12.9. The second-order valence-corrected chi connectivity index (χ2v) is 12.9. The van der Waals surface area contributed by atoms with Gasteiger partial charge in [0.05, 0.1) is 17.9 Å². The Kier molecular flexibility index (Phi) is 8.31. The molecule has 3 aliphatic rings. The van der Waals surface area contributed by atoms with E-state index in [0.717, 1.165) is 36.9 Å². The molecule has 2 aliphatic carbocycles. The Morgan fingerprint density at radius 3 is 2.47 bits per heavy atom. The first-order valence-electron chi connectivity index (χ1n) is 14.9. The molecular weight excluding hydrogens is 552 g/mol. The minimum absolute atomic E-state index is 0.108. The number of ether oxygens (including phenoxy) is 1. The van der Waals surface area contributed by atoms with Crippen LogP contribution in [0.15, 0.2) is 49.2 Å². The fourth-order valence-corrected chi connectivity index (χ4v) is 6.25. The molecule has 12 nitrogen and oxygen atoms in total. The summed E-state index contributed by atoms with van der Waals surface area (Å²) in [6.07, 6.45) is 6.26. The second kappa shape index (κ2) is 11.8. The highest BCUT2D eigenvalue weighted by Crippen LogP contribution is 2.45. The highest BCUT2D eigenvalue weighted by molar-refractivity contribution is 5.96. The van der Waals surface area contributed by atoms with Crippen LogP contribution in [0.4, 0.5) is 4.79 Å². The number of amides is 3. The lowest BCUT2D eigenvalue weighted by atomic mass is 9.85. The predicted molar refractivity (Wildman–Crippen MR) is 157 cm³/mol. The van der Waals surface area contributed by atoms with Crippen LogP contribution in [-0.2, 0) is 19.1 Å². The number of benzene rings is 1. The van der Waals surface area contributed by atoms with Gasteiger partial charge < -0.3 is 25.4 Å². The molecule has 1 aliphatic heterocycles. The van der Waals surface area contributed by atoms with Gasteiger partial charge in [-0.25, -0.2) is 14.3 Å². The molecule has 43 heavy (non-hydrogen) atoms. The van der Waals surface area contributed by atoms with E-state index in [-0.39, 0.29) is 25.5 Å².